The van der Waals surface area contributed by atoms with Gasteiger partial charge in [0.25, 0.3) is 12.0 Å². The predicted molar refractivity (Wildman–Crippen MR) is 108 cm³/mol. The van der Waals surface area contributed by atoms with Crippen molar-refractivity contribution in [3.8, 4) is 0 Å². The van der Waals surface area contributed by atoms with Gasteiger partial charge in [-0.2, -0.15) is 0 Å². The van der Waals surface area contributed by atoms with Gasteiger partial charge in [0, 0.05) is 11.8 Å². The van der Waals surface area contributed by atoms with Crippen molar-refractivity contribution in [2.75, 3.05) is 12.0 Å². The maximum Gasteiger partial charge on any atom is 0.267 e. The van der Waals surface area contributed by atoms with Crippen LogP contribution in [0.1, 0.15) is 43.4 Å². The Kier molecular flexibility index (Phi) is 5.29. The molecule has 4 rings (SSSR count). The summed E-state index contributed by atoms with van der Waals surface area (Å²) in [7, 11) is 0. The number of halogens is 5. The fraction of sp³-hybridized carbons (Fsp3) is 0.350. The lowest BCUT2D eigenvalue weighted by atomic mass is 10.0. The van der Waals surface area contributed by atoms with Gasteiger partial charge in [0.1, 0.15) is 29.1 Å². The fourth-order valence-electron chi connectivity index (χ4n) is 3.49. The van der Waals surface area contributed by atoms with Crippen LogP contribution in [0.2, 0.25) is 0 Å². The van der Waals surface area contributed by atoms with Gasteiger partial charge in [-0.15, -0.1) is 0 Å². The Balaban J connectivity index is 1.79. The van der Waals surface area contributed by atoms with Crippen LogP contribution >= 0.6 is 15.9 Å². The number of pyridine rings is 1. The van der Waals surface area contributed by atoms with Crippen LogP contribution in [0.4, 0.5) is 23.4 Å². The van der Waals surface area contributed by atoms with E-state index in [0.717, 1.165) is 6.07 Å². The van der Waals surface area contributed by atoms with Crippen molar-refractivity contribution in [3.05, 3.63) is 62.5 Å². The van der Waals surface area contributed by atoms with Gasteiger partial charge in [-0.05, 0) is 35.7 Å². The Morgan fingerprint density at radius 1 is 1.27 bits per heavy atom. The first-order valence-electron chi connectivity index (χ1n) is 9.24. The van der Waals surface area contributed by atoms with E-state index in [-0.39, 0.29) is 15.9 Å². The smallest absolute Gasteiger partial charge is 0.267 e. The van der Waals surface area contributed by atoms with E-state index in [1.54, 1.807) is 6.92 Å². The van der Waals surface area contributed by atoms with Crippen molar-refractivity contribution in [1.82, 2.24) is 14.5 Å². The summed E-state index contributed by atoms with van der Waals surface area (Å²) >= 11 is 3.25. The zero-order valence-corrected chi connectivity index (χ0v) is 17.4. The van der Waals surface area contributed by atoms with Gasteiger partial charge in [0.05, 0.1) is 28.0 Å². The molecule has 2 aromatic heterocycles. The first kappa shape index (κ1) is 20.8. The lowest BCUT2D eigenvalue weighted by Crippen LogP contribution is -2.32. The van der Waals surface area contributed by atoms with E-state index in [1.807, 2.05) is 0 Å². The van der Waals surface area contributed by atoms with Crippen LogP contribution in [0, 0.1) is 5.82 Å². The molecule has 1 saturated carbocycles. The molecule has 0 spiro atoms. The number of hydrogen-bond acceptors (Lipinski definition) is 4. The highest BCUT2D eigenvalue weighted by Crippen LogP contribution is 2.44. The maximum absolute atomic E-state index is 14.5. The van der Waals surface area contributed by atoms with E-state index < -0.39 is 41.6 Å². The van der Waals surface area contributed by atoms with Crippen molar-refractivity contribution in [1.29, 1.82) is 0 Å². The third-order valence-electron chi connectivity index (χ3n) is 5.46. The summed E-state index contributed by atoms with van der Waals surface area (Å²) in [6.07, 6.45) is 0.883. The summed E-state index contributed by atoms with van der Waals surface area (Å²) in [6, 6.07) is 3.11. The Morgan fingerprint density at radius 3 is 2.60 bits per heavy atom. The fourth-order valence-corrected chi connectivity index (χ4v) is 4.00. The minimum Gasteiger partial charge on any atom is -0.363 e. The quantitative estimate of drug-likeness (QED) is 0.484. The standard InChI is InChI=1S/C20H17BrF4N4O/c1-10(11-3-2-4-12(15(11)23)17(24)25)28-18-13-7-29(20(8-22)5-6-20)19(30)14(21)16(13)26-9-27-18/h2-4,7,9-10,17H,5-6,8H2,1H3,(H,26,27,28)/t10-/m0/s1. The van der Waals surface area contributed by atoms with E-state index in [4.69, 9.17) is 0 Å². The number of nitrogens with zero attached hydrogens (tertiary/aromatic N) is 3. The average Bonchev–Trinajstić information content (AvgIpc) is 3.52. The number of alkyl halides is 3. The predicted octanol–water partition coefficient (Wildman–Crippen LogP) is 5.26. The van der Waals surface area contributed by atoms with Crippen LogP contribution in [0.25, 0.3) is 10.9 Å². The Morgan fingerprint density at radius 2 is 1.97 bits per heavy atom. The molecule has 5 nitrogen and oxygen atoms in total. The molecule has 0 radical (unpaired) electrons. The zero-order chi connectivity index (χ0) is 21.6. The minimum atomic E-state index is -2.93. The molecule has 10 heteroatoms. The lowest BCUT2D eigenvalue weighted by Gasteiger charge is -2.20. The van der Waals surface area contributed by atoms with Crippen molar-refractivity contribution >= 4 is 32.7 Å². The summed E-state index contributed by atoms with van der Waals surface area (Å²) in [5.41, 5.74) is -1.58. The highest BCUT2D eigenvalue weighted by atomic mass is 79.9. The first-order chi connectivity index (χ1) is 14.3. The summed E-state index contributed by atoms with van der Waals surface area (Å²) < 4.78 is 55.7. The van der Waals surface area contributed by atoms with Gasteiger partial charge in [0.15, 0.2) is 0 Å². The first-order valence-corrected chi connectivity index (χ1v) is 10.0. The molecule has 2 heterocycles. The van der Waals surface area contributed by atoms with E-state index >= 15 is 0 Å². The molecule has 1 N–H and O–H groups in total. The Labute approximate surface area is 177 Å². The molecule has 0 aliphatic heterocycles. The van der Waals surface area contributed by atoms with Crippen molar-refractivity contribution in [2.24, 2.45) is 0 Å². The molecule has 0 bridgehead atoms. The van der Waals surface area contributed by atoms with Gasteiger partial charge < -0.3 is 9.88 Å². The van der Waals surface area contributed by atoms with E-state index in [2.05, 4.69) is 31.2 Å². The van der Waals surface area contributed by atoms with Gasteiger partial charge in [0.2, 0.25) is 0 Å². The molecule has 0 unspecified atom stereocenters. The Hall–Kier alpha value is -2.49. The van der Waals surface area contributed by atoms with Gasteiger partial charge in [-0.3, -0.25) is 4.79 Å². The number of rotatable bonds is 6. The number of fused-ring (bicyclic) bond motifs is 1. The number of benzene rings is 1. The van der Waals surface area contributed by atoms with Crippen LogP contribution in [-0.4, -0.2) is 21.2 Å². The van der Waals surface area contributed by atoms with E-state index in [9.17, 15) is 22.4 Å². The molecule has 1 aromatic carbocycles. The van der Waals surface area contributed by atoms with Crippen LogP contribution in [0.5, 0.6) is 0 Å². The van der Waals surface area contributed by atoms with E-state index in [1.165, 1.54) is 29.2 Å². The molecule has 3 aromatic rings. The van der Waals surface area contributed by atoms with Crippen molar-refractivity contribution < 1.29 is 17.6 Å². The molecular weight excluding hydrogens is 468 g/mol. The molecule has 1 aliphatic carbocycles. The normalized spacial score (nSPS) is 16.1. The number of hydrogen-bond donors (Lipinski definition) is 1. The second-order valence-corrected chi connectivity index (χ2v) is 8.17. The largest absolute Gasteiger partial charge is 0.363 e. The second-order valence-electron chi connectivity index (χ2n) is 7.38. The molecular formula is C20H17BrF4N4O. The lowest BCUT2D eigenvalue weighted by molar-refractivity contribution is 0.146. The highest BCUT2D eigenvalue weighted by molar-refractivity contribution is 9.10. The number of aromatic nitrogens is 3. The monoisotopic (exact) mass is 484 g/mol. The molecule has 0 amide bonds. The molecule has 0 saturated heterocycles. The van der Waals surface area contributed by atoms with E-state index in [0.29, 0.717) is 23.7 Å². The summed E-state index contributed by atoms with van der Waals surface area (Å²) in [4.78, 5) is 21.0. The number of nitrogens with one attached hydrogen (secondary N) is 1. The van der Waals surface area contributed by atoms with Crippen LogP contribution < -0.4 is 10.9 Å². The topological polar surface area (TPSA) is 59.8 Å². The SMILES string of the molecule is C[C@H](Nc1ncnc2c(Br)c(=O)n(C3(CF)CC3)cc12)c1cccc(C(F)F)c1F. The molecule has 1 atom stereocenters. The second kappa shape index (κ2) is 7.64. The average molecular weight is 485 g/mol. The summed E-state index contributed by atoms with van der Waals surface area (Å²) in [5, 5.41) is 3.44. The molecule has 1 aliphatic rings. The van der Waals surface area contributed by atoms with Gasteiger partial charge in [-0.1, -0.05) is 18.2 Å². The highest BCUT2D eigenvalue weighted by Gasteiger charge is 2.46. The van der Waals surface area contributed by atoms with Crippen molar-refractivity contribution in [2.45, 2.75) is 37.8 Å². The zero-order valence-electron chi connectivity index (χ0n) is 15.8. The molecule has 158 valence electrons. The molecule has 30 heavy (non-hydrogen) atoms. The van der Waals surface area contributed by atoms with Crippen LogP contribution in [0.3, 0.4) is 0 Å². The third kappa shape index (κ3) is 3.36. The summed E-state index contributed by atoms with van der Waals surface area (Å²) in [5.74, 6) is -0.711. The summed E-state index contributed by atoms with van der Waals surface area (Å²) in [6.45, 7) is 0.931. The number of anilines is 1. The third-order valence-corrected chi connectivity index (χ3v) is 6.17. The minimum absolute atomic E-state index is 0.0503. The van der Waals surface area contributed by atoms with Gasteiger partial charge >= 0.3 is 0 Å². The van der Waals surface area contributed by atoms with Gasteiger partial charge in [-0.25, -0.2) is 27.5 Å². The van der Waals surface area contributed by atoms with Crippen LogP contribution in [-0.2, 0) is 5.54 Å². The Bertz CT molecular complexity index is 1180. The van der Waals surface area contributed by atoms with Crippen molar-refractivity contribution in [3.63, 3.8) is 0 Å². The maximum atomic E-state index is 14.5. The molecule has 1 fully saturated rings. The van der Waals surface area contributed by atoms with Crippen LogP contribution in [0.15, 0.2) is 40.0 Å².